The summed E-state index contributed by atoms with van der Waals surface area (Å²) in [4.78, 5) is 9.81. The van der Waals surface area contributed by atoms with Gasteiger partial charge in [0.15, 0.2) is 0 Å². The van der Waals surface area contributed by atoms with E-state index in [-0.39, 0.29) is 6.42 Å². The van der Waals surface area contributed by atoms with Crippen LogP contribution in [0.25, 0.3) is 0 Å². The van der Waals surface area contributed by atoms with Crippen LogP contribution in [0.15, 0.2) is 0 Å². The van der Waals surface area contributed by atoms with Gasteiger partial charge in [0, 0.05) is 0 Å². The molecular formula is C4H6N2O2. The fraction of sp³-hybridized carbons (Fsp3) is 0.500. The SMILES string of the molecule is N#CC[C@@H](N)C(=O)O. The van der Waals surface area contributed by atoms with Crippen molar-refractivity contribution in [2.45, 2.75) is 12.5 Å². The Labute approximate surface area is 46.5 Å². The normalized spacial score (nSPS) is 12.0. The smallest absolute Gasteiger partial charge is 0.321 e. The molecule has 0 bridgehead atoms. The van der Waals surface area contributed by atoms with E-state index in [1.54, 1.807) is 6.07 Å². The van der Waals surface area contributed by atoms with E-state index in [0.29, 0.717) is 0 Å². The molecule has 0 unspecified atom stereocenters. The van der Waals surface area contributed by atoms with Crippen molar-refractivity contribution in [3.63, 3.8) is 0 Å². The Morgan fingerprint density at radius 2 is 2.50 bits per heavy atom. The van der Waals surface area contributed by atoms with Crippen LogP contribution in [0.3, 0.4) is 0 Å². The average Bonchev–Trinajstić information content (AvgIpc) is 1.67. The van der Waals surface area contributed by atoms with E-state index in [0.717, 1.165) is 0 Å². The molecule has 4 nitrogen and oxygen atoms in total. The third-order valence-corrected chi connectivity index (χ3v) is 0.628. The van der Waals surface area contributed by atoms with Crippen LogP contribution in [0.4, 0.5) is 0 Å². The van der Waals surface area contributed by atoms with E-state index in [4.69, 9.17) is 16.1 Å². The fourth-order valence-corrected chi connectivity index (χ4v) is 0.186. The molecule has 0 aliphatic heterocycles. The Hall–Kier alpha value is -1.08. The van der Waals surface area contributed by atoms with E-state index in [2.05, 4.69) is 0 Å². The van der Waals surface area contributed by atoms with E-state index >= 15 is 0 Å². The number of nitriles is 1. The number of carboxylic acids is 1. The number of carbonyl (C=O) groups is 1. The molecule has 3 N–H and O–H groups in total. The summed E-state index contributed by atoms with van der Waals surface area (Å²) in [7, 11) is 0. The van der Waals surface area contributed by atoms with Gasteiger partial charge >= 0.3 is 5.97 Å². The minimum atomic E-state index is -1.13. The number of nitrogens with two attached hydrogens (primary N) is 1. The molecule has 0 heterocycles. The third-order valence-electron chi connectivity index (χ3n) is 0.628. The lowest BCUT2D eigenvalue weighted by Crippen LogP contribution is -2.29. The van der Waals surface area contributed by atoms with Gasteiger partial charge in [0.1, 0.15) is 6.04 Å². The van der Waals surface area contributed by atoms with Gasteiger partial charge in [0.05, 0.1) is 12.5 Å². The quantitative estimate of drug-likeness (QED) is 0.497. The summed E-state index contributed by atoms with van der Waals surface area (Å²) in [5.41, 5.74) is 4.90. The molecule has 0 rings (SSSR count). The third kappa shape index (κ3) is 2.16. The molecule has 0 fully saturated rings. The van der Waals surface area contributed by atoms with Crippen LogP contribution < -0.4 is 5.73 Å². The fourth-order valence-electron chi connectivity index (χ4n) is 0.186. The molecule has 0 saturated heterocycles. The molecule has 0 aliphatic rings. The molecule has 4 heteroatoms. The second-order valence-corrected chi connectivity index (χ2v) is 1.31. The number of nitrogens with zero attached hydrogens (tertiary/aromatic N) is 1. The van der Waals surface area contributed by atoms with Gasteiger partial charge in [-0.25, -0.2) is 0 Å². The van der Waals surface area contributed by atoms with Crippen LogP contribution in [0, 0.1) is 11.3 Å². The van der Waals surface area contributed by atoms with Gasteiger partial charge in [-0.05, 0) is 0 Å². The summed E-state index contributed by atoms with van der Waals surface area (Å²) in [5.74, 6) is -1.13. The van der Waals surface area contributed by atoms with Crippen molar-refractivity contribution in [3.05, 3.63) is 0 Å². The van der Waals surface area contributed by atoms with Gasteiger partial charge < -0.3 is 10.8 Å². The van der Waals surface area contributed by atoms with Gasteiger partial charge in [-0.15, -0.1) is 0 Å². The van der Waals surface area contributed by atoms with Crippen molar-refractivity contribution in [1.82, 2.24) is 0 Å². The zero-order chi connectivity index (χ0) is 6.57. The van der Waals surface area contributed by atoms with E-state index in [1.807, 2.05) is 0 Å². The first-order chi connectivity index (χ1) is 3.68. The second-order valence-electron chi connectivity index (χ2n) is 1.31. The van der Waals surface area contributed by atoms with Crippen LogP contribution in [0.5, 0.6) is 0 Å². The molecule has 0 radical (unpaired) electrons. The molecule has 0 aromatic carbocycles. The van der Waals surface area contributed by atoms with Gasteiger partial charge in [-0.2, -0.15) is 5.26 Å². The molecular weight excluding hydrogens is 108 g/mol. The molecule has 44 valence electrons. The molecule has 0 aliphatic carbocycles. The number of hydrogen-bond acceptors (Lipinski definition) is 3. The molecule has 8 heavy (non-hydrogen) atoms. The van der Waals surface area contributed by atoms with Crippen molar-refractivity contribution in [2.24, 2.45) is 5.73 Å². The van der Waals surface area contributed by atoms with Crippen molar-refractivity contribution in [2.75, 3.05) is 0 Å². The molecule has 0 amide bonds. The Morgan fingerprint density at radius 3 is 2.62 bits per heavy atom. The molecule has 0 saturated carbocycles. The van der Waals surface area contributed by atoms with Crippen LogP contribution >= 0.6 is 0 Å². The van der Waals surface area contributed by atoms with Crippen LogP contribution in [-0.4, -0.2) is 17.1 Å². The predicted octanol–water partition coefficient (Wildman–Crippen LogP) is -0.688. The molecule has 0 spiro atoms. The first-order valence-electron chi connectivity index (χ1n) is 2.04. The predicted molar refractivity (Wildman–Crippen MR) is 25.8 cm³/mol. The maximum atomic E-state index is 9.81. The maximum Gasteiger partial charge on any atom is 0.321 e. The minimum absolute atomic E-state index is 0.130. The van der Waals surface area contributed by atoms with Crippen molar-refractivity contribution in [3.8, 4) is 6.07 Å². The highest BCUT2D eigenvalue weighted by atomic mass is 16.4. The zero-order valence-electron chi connectivity index (χ0n) is 4.16. The summed E-state index contributed by atoms with van der Waals surface area (Å²) >= 11 is 0. The first kappa shape index (κ1) is 6.92. The van der Waals surface area contributed by atoms with Gasteiger partial charge in [-0.3, -0.25) is 4.79 Å². The average molecular weight is 114 g/mol. The summed E-state index contributed by atoms with van der Waals surface area (Å²) in [6, 6.07) is 0.615. The topological polar surface area (TPSA) is 87.1 Å². The highest BCUT2D eigenvalue weighted by molar-refractivity contribution is 5.73. The number of carboxylic acid groups (broad SMARTS) is 1. The molecule has 1 atom stereocenters. The Kier molecular flexibility index (Phi) is 2.59. The summed E-state index contributed by atoms with van der Waals surface area (Å²) in [5, 5.41) is 15.9. The molecule has 0 aromatic heterocycles. The van der Waals surface area contributed by atoms with E-state index < -0.39 is 12.0 Å². The van der Waals surface area contributed by atoms with E-state index in [9.17, 15) is 4.79 Å². The van der Waals surface area contributed by atoms with E-state index in [1.165, 1.54) is 0 Å². The van der Waals surface area contributed by atoms with Crippen molar-refractivity contribution < 1.29 is 9.90 Å². The lowest BCUT2D eigenvalue weighted by Gasteiger charge is -1.95. The minimum Gasteiger partial charge on any atom is -0.480 e. The van der Waals surface area contributed by atoms with Gasteiger partial charge in [-0.1, -0.05) is 0 Å². The standard InChI is InChI=1S/C4H6N2O2/c5-2-1-3(6)4(7)8/h3H,1,6H2,(H,7,8)/t3-/m1/s1. The Balaban J connectivity index is 3.52. The summed E-state index contributed by atoms with van der Waals surface area (Å²) in [6.45, 7) is 0. The van der Waals surface area contributed by atoms with Gasteiger partial charge in [0.2, 0.25) is 0 Å². The number of hydrogen-bond donors (Lipinski definition) is 2. The highest BCUT2D eigenvalue weighted by Crippen LogP contribution is 1.82. The Morgan fingerprint density at radius 1 is 2.00 bits per heavy atom. The lowest BCUT2D eigenvalue weighted by molar-refractivity contribution is -0.138. The number of aliphatic carboxylic acids is 1. The Bertz CT molecular complexity index is 126. The monoisotopic (exact) mass is 114 g/mol. The zero-order valence-corrected chi connectivity index (χ0v) is 4.16. The van der Waals surface area contributed by atoms with Crippen molar-refractivity contribution >= 4 is 5.97 Å². The van der Waals surface area contributed by atoms with Gasteiger partial charge in [0.25, 0.3) is 0 Å². The largest absolute Gasteiger partial charge is 0.480 e. The van der Waals surface area contributed by atoms with Crippen LogP contribution in [0.1, 0.15) is 6.42 Å². The maximum absolute atomic E-state index is 9.81. The van der Waals surface area contributed by atoms with Crippen LogP contribution in [-0.2, 0) is 4.79 Å². The second kappa shape index (κ2) is 2.99. The first-order valence-corrected chi connectivity index (χ1v) is 2.04. The van der Waals surface area contributed by atoms with Crippen molar-refractivity contribution in [1.29, 1.82) is 5.26 Å². The highest BCUT2D eigenvalue weighted by Gasteiger charge is 2.08. The lowest BCUT2D eigenvalue weighted by atomic mass is 10.2. The molecule has 0 aromatic rings. The summed E-state index contributed by atoms with van der Waals surface area (Å²) in [6.07, 6.45) is -0.130. The summed E-state index contributed by atoms with van der Waals surface area (Å²) < 4.78 is 0. The number of rotatable bonds is 2. The van der Waals surface area contributed by atoms with Crippen LogP contribution in [0.2, 0.25) is 0 Å².